The van der Waals surface area contributed by atoms with Crippen LogP contribution in [0.2, 0.25) is 0 Å². The summed E-state index contributed by atoms with van der Waals surface area (Å²) < 4.78 is 46.8. The number of ether oxygens (including phenoxy) is 1. The number of allylic oxidation sites excluding steroid dienone is 4. The maximum absolute atomic E-state index is 8.70. The summed E-state index contributed by atoms with van der Waals surface area (Å²) in [5.41, 5.74) is 4.70. The molecule has 7 rings (SSSR count). The van der Waals surface area contributed by atoms with Gasteiger partial charge in [-0.1, -0.05) is 85.1 Å². The van der Waals surface area contributed by atoms with Crippen LogP contribution in [0, 0.1) is 41.6 Å². The topological polar surface area (TPSA) is 49.8 Å². The molecule has 5 heterocycles. The van der Waals surface area contributed by atoms with Crippen LogP contribution in [0.25, 0.3) is 10.6 Å². The number of aliphatic imine (C=N–C) groups is 1. The number of fused-ring (bicyclic) bond motifs is 3. The minimum Gasteiger partial charge on any atom is -0.769 e. The second-order valence-corrected chi connectivity index (χ2v) is 15.9. The third-order valence-corrected chi connectivity index (χ3v) is 11.1. The first-order valence-corrected chi connectivity index (χ1v) is 17.5. The predicted molar refractivity (Wildman–Crippen MR) is 183 cm³/mol. The van der Waals surface area contributed by atoms with Crippen molar-refractivity contribution >= 4 is 17.5 Å². The summed E-state index contributed by atoms with van der Waals surface area (Å²) in [6.07, 6.45) is 17.3. The van der Waals surface area contributed by atoms with Crippen LogP contribution in [0.4, 0.5) is 0 Å². The normalized spacial score (nSPS) is 37.0. The fourth-order valence-electron chi connectivity index (χ4n) is 7.11. The number of thioether (sulfide) groups is 1. The molecule has 0 aromatic rings. The van der Waals surface area contributed by atoms with Crippen LogP contribution >= 0.6 is 11.8 Å². The van der Waals surface area contributed by atoms with Crippen LogP contribution in [-0.2, 0) is 24.8 Å². The Morgan fingerprint density at radius 1 is 1.18 bits per heavy atom. The van der Waals surface area contributed by atoms with Gasteiger partial charge < -0.3 is 21.1 Å². The van der Waals surface area contributed by atoms with Crippen LogP contribution in [-0.4, -0.2) is 29.6 Å². The summed E-state index contributed by atoms with van der Waals surface area (Å²) in [6, 6.07) is 0.0473. The van der Waals surface area contributed by atoms with Crippen LogP contribution in [0.5, 0.6) is 0 Å². The molecule has 0 spiro atoms. The van der Waals surface area contributed by atoms with Crippen LogP contribution < -0.4 is 0 Å². The van der Waals surface area contributed by atoms with Crippen molar-refractivity contribution in [1.29, 1.82) is 0 Å². The minimum absolute atomic E-state index is 0. The average Bonchev–Trinajstić information content (AvgIpc) is 3.63. The van der Waals surface area contributed by atoms with Crippen molar-refractivity contribution in [3.05, 3.63) is 74.2 Å². The summed E-state index contributed by atoms with van der Waals surface area (Å²) in [5, 5.41) is 9.75. The van der Waals surface area contributed by atoms with Gasteiger partial charge in [-0.25, -0.2) is 17.0 Å². The Bertz CT molecular complexity index is 1460. The second-order valence-electron chi connectivity index (χ2n) is 14.6. The van der Waals surface area contributed by atoms with Crippen molar-refractivity contribution < 1.29 is 31.7 Å². The van der Waals surface area contributed by atoms with Gasteiger partial charge in [0.05, 0.1) is 0 Å². The van der Waals surface area contributed by atoms with Crippen LogP contribution in [0.15, 0.2) is 56.1 Å². The molecule has 0 aromatic heterocycles. The molecule has 44 heavy (non-hydrogen) atoms. The van der Waals surface area contributed by atoms with Gasteiger partial charge in [0.25, 0.3) is 0 Å². The Morgan fingerprint density at radius 2 is 2.02 bits per heavy atom. The van der Waals surface area contributed by atoms with Gasteiger partial charge in [0.1, 0.15) is 0 Å². The molecule has 7 aliphatic rings. The summed E-state index contributed by atoms with van der Waals surface area (Å²) in [6.45, 7) is 11.6. The van der Waals surface area contributed by atoms with E-state index in [1.807, 2.05) is 20.8 Å². The molecule has 0 N–H and O–H groups in total. The summed E-state index contributed by atoms with van der Waals surface area (Å²) in [5.74, 6) is 3.79. The average molecular weight is 797 g/mol. The zero-order valence-electron chi connectivity index (χ0n) is 32.3. The van der Waals surface area contributed by atoms with Gasteiger partial charge in [-0.05, 0) is 66.0 Å². The first-order valence-electron chi connectivity index (χ1n) is 19.1. The quantitative estimate of drug-likeness (QED) is 0.267. The maximum atomic E-state index is 8.70. The van der Waals surface area contributed by atoms with E-state index in [0.717, 1.165) is 61.5 Å². The third-order valence-electron chi connectivity index (χ3n) is 9.82. The molecule has 1 radical (unpaired) electrons. The first-order chi connectivity index (χ1) is 22.5. The molecular formula is C38H53IrN3OS-4. The largest absolute Gasteiger partial charge is 0.769 e. The Balaban J connectivity index is 0.000000246. The van der Waals surface area contributed by atoms with E-state index in [1.54, 1.807) is 11.8 Å². The first kappa shape index (κ1) is 27.9. The van der Waals surface area contributed by atoms with Crippen molar-refractivity contribution in [2.45, 2.75) is 130 Å². The van der Waals surface area contributed by atoms with Crippen molar-refractivity contribution in [1.82, 2.24) is 0 Å². The van der Waals surface area contributed by atoms with Gasteiger partial charge in [-0.15, -0.1) is 43.2 Å². The fraction of sp³-hybridized carbons (Fsp3) is 0.684. The molecule has 4 nitrogen and oxygen atoms in total. The second kappa shape index (κ2) is 14.3. The molecule has 0 amide bonds. The molecule has 5 aliphatic heterocycles. The standard InChI is InChI=1S/C24H32N2OS.C14H21N.Ir/c1-14-8-9-17-16-6-5-7-18(22(16)27-23(17)25-14)19-10-11-21-20(26-19)12-15(28-21)13-24(2,3)4;1-10-4-6-13(7-5-10)14-8-11(2)12(3)9-15-14;/h7,11,15-16,19-20H,5-6,8-10,12-13H2,1-4H3;8,10-12H,4-6,9H2,1-3H3;/q2*-2;/t15?,16?,19-,20-;10-,11?,12-;/m11./s1/i1D3,13D2;;. The number of rotatable bonds is 3. The SMILES string of the molecule is CC1C=C(C2=[C-]C[C@H](C)CC2)[N-]C[C@H]1C.[2H]C([2H])([2H])C1=NC2=C(CC1)C1CC[CH-]C([C@H]3CC=C4SC(C([2H])([2H])C(C)(C)C)C[C@H]4[N-]3)=C1O2.[Ir]. The molecule has 6 heteroatoms. The molecule has 1 saturated heterocycles. The summed E-state index contributed by atoms with van der Waals surface area (Å²) >= 11 is 1.67. The zero-order valence-corrected chi connectivity index (χ0v) is 30.5. The van der Waals surface area contributed by atoms with E-state index in [9.17, 15) is 0 Å². The summed E-state index contributed by atoms with van der Waals surface area (Å²) in [7, 11) is 0. The van der Waals surface area contributed by atoms with E-state index in [-0.39, 0.29) is 49.1 Å². The van der Waals surface area contributed by atoms with Crippen molar-refractivity contribution in [2.75, 3.05) is 6.54 Å². The predicted octanol–water partition coefficient (Wildman–Crippen LogP) is 10.8. The van der Waals surface area contributed by atoms with Crippen LogP contribution in [0.3, 0.4) is 0 Å². The zero-order chi connectivity index (χ0) is 34.6. The molecule has 0 aromatic carbocycles. The van der Waals surface area contributed by atoms with Gasteiger partial charge in [0.15, 0.2) is 5.88 Å². The van der Waals surface area contributed by atoms with Gasteiger partial charge in [-0.3, -0.25) is 6.08 Å². The van der Waals surface area contributed by atoms with Crippen molar-refractivity contribution in [3.8, 4) is 0 Å². The molecule has 0 saturated carbocycles. The summed E-state index contributed by atoms with van der Waals surface area (Å²) in [4.78, 5) is 5.62. The van der Waals surface area contributed by atoms with E-state index in [2.05, 4.69) is 55.7 Å². The van der Waals surface area contributed by atoms with E-state index in [4.69, 9.17) is 16.9 Å². The molecule has 3 unspecified atom stereocenters. The van der Waals surface area contributed by atoms with Gasteiger partial charge in [-0.2, -0.15) is 11.6 Å². The molecular weight excluding hydrogens is 739 g/mol. The number of nitrogens with zero attached hydrogens (tertiary/aromatic N) is 3. The Hall–Kier alpha value is -1.20. The monoisotopic (exact) mass is 797 g/mol. The Morgan fingerprint density at radius 3 is 2.75 bits per heavy atom. The van der Waals surface area contributed by atoms with E-state index >= 15 is 0 Å². The molecule has 7 atom stereocenters. The third kappa shape index (κ3) is 7.84. The van der Waals surface area contributed by atoms with E-state index in [1.165, 1.54) is 29.0 Å². The van der Waals surface area contributed by atoms with Gasteiger partial charge in [0.2, 0.25) is 0 Å². The number of hydrogen-bond donors (Lipinski definition) is 0. The van der Waals surface area contributed by atoms with Gasteiger partial charge in [0, 0.05) is 37.9 Å². The molecule has 0 bridgehead atoms. The Labute approximate surface area is 292 Å². The molecule has 2 aliphatic carbocycles. The minimum atomic E-state index is -2.17. The smallest absolute Gasteiger partial charge is 0.198 e. The van der Waals surface area contributed by atoms with Crippen LogP contribution in [0.1, 0.15) is 119 Å². The fourth-order valence-corrected chi connectivity index (χ4v) is 8.63. The van der Waals surface area contributed by atoms with Gasteiger partial charge >= 0.3 is 0 Å². The maximum Gasteiger partial charge on any atom is 0.198 e. The van der Waals surface area contributed by atoms with Crippen molar-refractivity contribution in [2.24, 2.45) is 34.1 Å². The number of hydrogen-bond acceptors (Lipinski definition) is 3. The van der Waals surface area contributed by atoms with E-state index in [0.29, 0.717) is 30.6 Å². The molecule has 1 fully saturated rings. The van der Waals surface area contributed by atoms with Crippen molar-refractivity contribution in [3.63, 3.8) is 0 Å². The van der Waals surface area contributed by atoms with E-state index < -0.39 is 18.6 Å². The Kier molecular flexibility index (Phi) is 9.05. The molecule has 245 valence electrons.